The van der Waals surface area contributed by atoms with Gasteiger partial charge in [0.1, 0.15) is 0 Å². The number of rotatable bonds is 76. The molecule has 1 amide bonds. The highest BCUT2D eigenvalue weighted by molar-refractivity contribution is 5.76. The van der Waals surface area contributed by atoms with E-state index in [0.717, 1.165) is 51.4 Å². The molecule has 0 radical (unpaired) electrons. The normalized spacial score (nSPS) is 12.6. The van der Waals surface area contributed by atoms with E-state index in [1.807, 2.05) is 6.08 Å². The second-order valence-electron chi connectivity index (χ2n) is 27.8. The molecule has 0 aliphatic heterocycles. The van der Waals surface area contributed by atoms with Crippen molar-refractivity contribution in [1.29, 1.82) is 0 Å². The summed E-state index contributed by atoms with van der Waals surface area (Å²) in [6.07, 6.45) is 101. The van der Waals surface area contributed by atoms with Crippen molar-refractivity contribution in [1.82, 2.24) is 5.32 Å². The quantitative estimate of drug-likeness (QED) is 0.0320. The highest BCUT2D eigenvalue weighted by atomic mass is 16.5. The van der Waals surface area contributed by atoms with Gasteiger partial charge >= 0.3 is 5.97 Å². The number of nitrogens with one attached hydrogen (secondary N) is 1. The monoisotopic (exact) mass is 1240 g/mol. The lowest BCUT2D eigenvalue weighted by molar-refractivity contribution is -0.143. The Bertz CT molecular complexity index is 1430. The number of carbonyl (C=O) groups excluding carboxylic acids is 2. The highest BCUT2D eigenvalue weighted by Gasteiger charge is 2.18. The molecule has 0 saturated heterocycles. The molecular formula is C82H157NO5. The fraction of sp³-hybridized carbons (Fsp3) is 0.902. The lowest BCUT2D eigenvalue weighted by Gasteiger charge is -2.20. The molecule has 0 saturated carbocycles. The summed E-state index contributed by atoms with van der Waals surface area (Å²) in [5.74, 6) is -0.0439. The molecule has 520 valence electrons. The van der Waals surface area contributed by atoms with E-state index in [4.69, 9.17) is 4.74 Å². The van der Waals surface area contributed by atoms with E-state index in [1.165, 1.54) is 372 Å². The minimum Gasteiger partial charge on any atom is -0.466 e. The van der Waals surface area contributed by atoms with Crippen molar-refractivity contribution in [3.05, 3.63) is 36.5 Å². The summed E-state index contributed by atoms with van der Waals surface area (Å²) in [5, 5.41) is 23.3. The molecule has 0 aliphatic carbocycles. The molecule has 0 aromatic heterocycles. The minimum absolute atomic E-state index is 0.0149. The molecule has 6 heteroatoms. The summed E-state index contributed by atoms with van der Waals surface area (Å²) in [5.41, 5.74) is 0. The average molecular weight is 1240 g/mol. The zero-order chi connectivity index (χ0) is 63.5. The number of carbonyl (C=O) groups is 2. The molecule has 0 aromatic rings. The van der Waals surface area contributed by atoms with Crippen LogP contribution in [0.15, 0.2) is 36.5 Å². The predicted molar refractivity (Wildman–Crippen MR) is 389 cm³/mol. The van der Waals surface area contributed by atoms with Gasteiger partial charge < -0.3 is 20.3 Å². The van der Waals surface area contributed by atoms with Gasteiger partial charge in [-0.3, -0.25) is 9.59 Å². The Labute approximate surface area is 551 Å². The SMILES string of the molecule is CCCCCC/C=C\C/C=C\CCCCCCCCCC(=O)OCCCCCCCCCCCCCCCCCCCCCCCCCCCCCCCCCCCC(=O)NC(CO)C(O)/C=C/CCCCCCCCCCCCCCCCCCCC. The summed E-state index contributed by atoms with van der Waals surface area (Å²) in [6.45, 7) is 4.93. The summed E-state index contributed by atoms with van der Waals surface area (Å²) >= 11 is 0. The van der Waals surface area contributed by atoms with E-state index >= 15 is 0 Å². The van der Waals surface area contributed by atoms with Gasteiger partial charge in [0, 0.05) is 12.8 Å². The van der Waals surface area contributed by atoms with Crippen LogP contribution in [0.2, 0.25) is 0 Å². The summed E-state index contributed by atoms with van der Waals surface area (Å²) in [7, 11) is 0. The predicted octanol–water partition coefficient (Wildman–Crippen LogP) is 26.6. The first kappa shape index (κ1) is 86.1. The number of aliphatic hydroxyl groups is 2. The molecule has 0 aromatic carbocycles. The maximum atomic E-state index is 12.5. The summed E-state index contributed by atoms with van der Waals surface area (Å²) in [4.78, 5) is 24.7. The van der Waals surface area contributed by atoms with Crippen LogP contribution in [-0.4, -0.2) is 47.4 Å². The van der Waals surface area contributed by atoms with Crippen LogP contribution in [0.3, 0.4) is 0 Å². The van der Waals surface area contributed by atoms with Gasteiger partial charge in [0.25, 0.3) is 0 Å². The van der Waals surface area contributed by atoms with Gasteiger partial charge in [0.05, 0.1) is 25.4 Å². The first-order valence-electron chi connectivity index (χ1n) is 40.3. The topological polar surface area (TPSA) is 95.9 Å². The van der Waals surface area contributed by atoms with E-state index in [9.17, 15) is 19.8 Å². The number of hydrogen-bond acceptors (Lipinski definition) is 5. The largest absolute Gasteiger partial charge is 0.466 e. The van der Waals surface area contributed by atoms with Crippen LogP contribution in [-0.2, 0) is 14.3 Å². The van der Waals surface area contributed by atoms with Gasteiger partial charge in [0.15, 0.2) is 0 Å². The summed E-state index contributed by atoms with van der Waals surface area (Å²) in [6, 6.07) is -0.625. The minimum atomic E-state index is -0.842. The number of esters is 1. The van der Waals surface area contributed by atoms with Crippen LogP contribution < -0.4 is 5.32 Å². The van der Waals surface area contributed by atoms with Crippen LogP contribution in [0.1, 0.15) is 450 Å². The molecule has 88 heavy (non-hydrogen) atoms. The number of allylic oxidation sites excluding steroid dienone is 5. The van der Waals surface area contributed by atoms with Crippen molar-refractivity contribution in [3.8, 4) is 0 Å². The molecule has 3 N–H and O–H groups in total. The molecular weight excluding hydrogens is 1080 g/mol. The molecule has 0 spiro atoms. The zero-order valence-corrected chi connectivity index (χ0v) is 59.7. The third kappa shape index (κ3) is 73.1. The maximum absolute atomic E-state index is 12.5. The van der Waals surface area contributed by atoms with E-state index in [0.29, 0.717) is 19.4 Å². The lowest BCUT2D eigenvalue weighted by atomic mass is 10.0. The standard InChI is InChI=1S/C82H157NO5/c1-3-5-7-9-11-13-15-17-19-21-23-39-42-46-50-54-58-62-66-70-74-80(85)79(78-84)83-81(86)75-71-67-63-59-55-51-47-43-40-37-35-33-31-29-27-25-24-26-28-30-32-34-36-38-41-45-49-53-57-61-65-69-73-77-88-82(87)76-72-68-64-60-56-52-48-44-22-20-18-16-14-12-10-8-6-4-2/h14,16,20,22,70,74,79-80,84-85H,3-13,15,17-19,21,23-69,71-73,75-78H2,1-2H3,(H,83,86)/b16-14-,22-20-,74-70+. The van der Waals surface area contributed by atoms with Gasteiger partial charge in [-0.25, -0.2) is 0 Å². The first-order valence-corrected chi connectivity index (χ1v) is 40.3. The van der Waals surface area contributed by atoms with Gasteiger partial charge in [-0.05, 0) is 64.2 Å². The Morgan fingerprint density at radius 3 is 0.875 bits per heavy atom. The zero-order valence-electron chi connectivity index (χ0n) is 59.7. The van der Waals surface area contributed by atoms with E-state index in [1.54, 1.807) is 6.08 Å². The second-order valence-corrected chi connectivity index (χ2v) is 27.8. The van der Waals surface area contributed by atoms with Crippen molar-refractivity contribution in [2.75, 3.05) is 13.2 Å². The highest BCUT2D eigenvalue weighted by Crippen LogP contribution is 2.20. The number of hydrogen-bond donors (Lipinski definition) is 3. The van der Waals surface area contributed by atoms with Gasteiger partial charge in [0.2, 0.25) is 5.91 Å². The third-order valence-electron chi connectivity index (χ3n) is 18.9. The molecule has 0 aliphatic rings. The van der Waals surface area contributed by atoms with Crippen molar-refractivity contribution in [3.63, 3.8) is 0 Å². The van der Waals surface area contributed by atoms with Crippen molar-refractivity contribution in [2.24, 2.45) is 0 Å². The fourth-order valence-electron chi connectivity index (χ4n) is 12.8. The number of aliphatic hydroxyl groups excluding tert-OH is 2. The van der Waals surface area contributed by atoms with Gasteiger partial charge in [-0.1, -0.05) is 410 Å². The van der Waals surface area contributed by atoms with E-state index in [2.05, 4.69) is 43.5 Å². The Morgan fingerprint density at radius 2 is 0.568 bits per heavy atom. The second kappa shape index (κ2) is 77.5. The van der Waals surface area contributed by atoms with Gasteiger partial charge in [-0.2, -0.15) is 0 Å². The first-order chi connectivity index (χ1) is 43.5. The number of unbranched alkanes of at least 4 members (excludes halogenated alkanes) is 61. The average Bonchev–Trinajstić information content (AvgIpc) is 3.58. The Hall–Kier alpha value is -1.92. The van der Waals surface area contributed by atoms with Crippen molar-refractivity contribution in [2.45, 2.75) is 463 Å². The third-order valence-corrected chi connectivity index (χ3v) is 18.9. The maximum Gasteiger partial charge on any atom is 0.305 e. The Balaban J connectivity index is 3.34. The molecule has 0 bridgehead atoms. The van der Waals surface area contributed by atoms with Crippen LogP contribution in [0.25, 0.3) is 0 Å². The van der Waals surface area contributed by atoms with Gasteiger partial charge in [-0.15, -0.1) is 0 Å². The van der Waals surface area contributed by atoms with E-state index < -0.39 is 12.1 Å². The molecule has 0 fully saturated rings. The molecule has 2 unspecified atom stereocenters. The number of amides is 1. The summed E-state index contributed by atoms with van der Waals surface area (Å²) < 4.78 is 5.51. The van der Waals surface area contributed by atoms with E-state index in [-0.39, 0.29) is 18.5 Å². The van der Waals surface area contributed by atoms with Crippen LogP contribution >= 0.6 is 0 Å². The van der Waals surface area contributed by atoms with Crippen LogP contribution in [0.5, 0.6) is 0 Å². The molecule has 0 rings (SSSR count). The Kier molecular flexibility index (Phi) is 75.8. The number of ether oxygens (including phenoxy) is 1. The Morgan fingerprint density at radius 1 is 0.318 bits per heavy atom. The fourth-order valence-corrected chi connectivity index (χ4v) is 12.8. The van der Waals surface area contributed by atoms with Crippen LogP contribution in [0.4, 0.5) is 0 Å². The molecule has 2 atom stereocenters. The lowest BCUT2D eigenvalue weighted by Crippen LogP contribution is -2.45. The molecule has 0 heterocycles. The van der Waals surface area contributed by atoms with Crippen molar-refractivity contribution >= 4 is 11.9 Å². The van der Waals surface area contributed by atoms with Crippen LogP contribution in [0, 0.1) is 0 Å². The smallest absolute Gasteiger partial charge is 0.305 e. The van der Waals surface area contributed by atoms with Crippen molar-refractivity contribution < 1.29 is 24.5 Å². The molecule has 6 nitrogen and oxygen atoms in total.